The maximum atomic E-state index is 13.0. The molecule has 1 spiro atoms. The van der Waals surface area contributed by atoms with Gasteiger partial charge in [-0.3, -0.25) is 14.4 Å². The van der Waals surface area contributed by atoms with Crippen LogP contribution in [-0.4, -0.2) is 79.1 Å². The third kappa shape index (κ3) is 4.41. The van der Waals surface area contributed by atoms with Crippen LogP contribution in [0.2, 0.25) is 0 Å². The van der Waals surface area contributed by atoms with Crippen molar-refractivity contribution in [1.29, 1.82) is 0 Å². The fraction of sp³-hybridized carbons (Fsp3) is 0.897. The molecule has 2 saturated carbocycles. The fourth-order valence-electron chi connectivity index (χ4n) is 8.29. The first-order valence-corrected chi connectivity index (χ1v) is 14.5. The van der Waals surface area contributed by atoms with Crippen LogP contribution in [0.4, 0.5) is 0 Å². The van der Waals surface area contributed by atoms with Crippen molar-refractivity contribution in [2.45, 2.75) is 110 Å². The maximum Gasteiger partial charge on any atom is 0.309 e. The highest BCUT2D eigenvalue weighted by atomic mass is 16.7. The van der Waals surface area contributed by atoms with Crippen molar-refractivity contribution in [2.75, 3.05) is 19.8 Å². The highest BCUT2D eigenvalue weighted by molar-refractivity contribution is 5.72. The quantitative estimate of drug-likeness (QED) is 0.286. The lowest BCUT2D eigenvalue weighted by atomic mass is 9.41. The Hall–Kier alpha value is -1.75. The topological polar surface area (TPSA) is 130 Å². The summed E-state index contributed by atoms with van der Waals surface area (Å²) in [5.74, 6) is -1.70. The predicted octanol–water partition coefficient (Wildman–Crippen LogP) is 2.77. The van der Waals surface area contributed by atoms with Crippen LogP contribution in [0.15, 0.2) is 0 Å². The summed E-state index contributed by atoms with van der Waals surface area (Å²) in [5.41, 5.74) is -2.75. The van der Waals surface area contributed by atoms with Crippen molar-refractivity contribution in [2.24, 2.45) is 34.5 Å². The van der Waals surface area contributed by atoms with Crippen LogP contribution in [0.1, 0.15) is 73.6 Å². The summed E-state index contributed by atoms with van der Waals surface area (Å²) in [6.07, 6.45) is -0.0393. The minimum atomic E-state index is -1.18. The van der Waals surface area contributed by atoms with E-state index in [2.05, 4.69) is 13.8 Å². The molecule has 0 radical (unpaired) electrons. The van der Waals surface area contributed by atoms with Crippen LogP contribution in [0, 0.1) is 34.5 Å². The molecular formula is C29H44O10. The Morgan fingerprint density at radius 2 is 1.82 bits per heavy atom. The summed E-state index contributed by atoms with van der Waals surface area (Å²) in [6, 6.07) is 0. The summed E-state index contributed by atoms with van der Waals surface area (Å²) in [4.78, 5) is 37.7. The Bertz CT molecular complexity index is 967. The number of hydrogen-bond acceptors (Lipinski definition) is 10. The zero-order valence-corrected chi connectivity index (χ0v) is 24.0. The average Bonchev–Trinajstić information content (AvgIpc) is 3.36. The number of epoxide rings is 1. The molecule has 0 aromatic carbocycles. The molecule has 0 amide bonds. The monoisotopic (exact) mass is 552 g/mol. The van der Waals surface area contributed by atoms with Gasteiger partial charge in [0.2, 0.25) is 0 Å². The Kier molecular flexibility index (Phi) is 7.57. The molecule has 5 aliphatic rings. The number of carbonyl (C=O) groups excluding carboxylic acids is 3. The van der Waals surface area contributed by atoms with E-state index in [4.69, 9.17) is 28.4 Å². The number of fused-ring (bicyclic) bond motifs is 3. The van der Waals surface area contributed by atoms with Crippen LogP contribution >= 0.6 is 0 Å². The van der Waals surface area contributed by atoms with E-state index in [1.165, 1.54) is 13.8 Å². The second kappa shape index (κ2) is 10.3. The van der Waals surface area contributed by atoms with Crippen molar-refractivity contribution in [3.63, 3.8) is 0 Å². The molecule has 39 heavy (non-hydrogen) atoms. The van der Waals surface area contributed by atoms with Gasteiger partial charge in [0.1, 0.15) is 18.3 Å². The van der Waals surface area contributed by atoms with Crippen LogP contribution in [0.3, 0.4) is 0 Å². The molecule has 12 atom stereocenters. The number of carbonyl (C=O) groups is 3. The first-order valence-electron chi connectivity index (χ1n) is 14.5. The summed E-state index contributed by atoms with van der Waals surface area (Å²) in [7, 11) is 0. The van der Waals surface area contributed by atoms with E-state index in [1.54, 1.807) is 6.92 Å². The third-order valence-corrected chi connectivity index (χ3v) is 10.9. The van der Waals surface area contributed by atoms with E-state index in [9.17, 15) is 19.5 Å². The fourth-order valence-corrected chi connectivity index (χ4v) is 8.29. The van der Waals surface area contributed by atoms with Gasteiger partial charge >= 0.3 is 17.9 Å². The number of ether oxygens (including phenoxy) is 6. The van der Waals surface area contributed by atoms with Crippen LogP contribution < -0.4 is 0 Å². The number of aliphatic hydroxyl groups is 1. The SMILES string of the molecule is CC[C@@H](C)C(=O)O[C@H]1[C@@H](O)C[C@@H]2[C@@](C)([C@@H]3C[C@H]4CCO[C@H]4O3)[C@H](C)C[C@H](OC(C)=O)[C@@]2(COC(C)=O)[C@@]12CO2. The van der Waals surface area contributed by atoms with E-state index in [0.717, 1.165) is 12.8 Å². The van der Waals surface area contributed by atoms with E-state index in [-0.39, 0.29) is 49.8 Å². The molecular weight excluding hydrogens is 508 g/mol. The number of rotatable bonds is 7. The largest absolute Gasteiger partial charge is 0.465 e. The van der Waals surface area contributed by atoms with Gasteiger partial charge in [-0.25, -0.2) is 0 Å². The van der Waals surface area contributed by atoms with Gasteiger partial charge in [0.15, 0.2) is 12.4 Å². The molecule has 0 aromatic rings. The lowest BCUT2D eigenvalue weighted by molar-refractivity contribution is -0.285. The van der Waals surface area contributed by atoms with Gasteiger partial charge in [-0.1, -0.05) is 27.7 Å². The van der Waals surface area contributed by atoms with Crippen molar-refractivity contribution >= 4 is 17.9 Å². The van der Waals surface area contributed by atoms with Gasteiger partial charge in [0, 0.05) is 25.2 Å². The van der Waals surface area contributed by atoms with Gasteiger partial charge in [0.05, 0.1) is 36.8 Å². The number of aliphatic hydroxyl groups excluding tert-OH is 1. The molecule has 5 rings (SSSR count). The molecule has 5 fully saturated rings. The van der Waals surface area contributed by atoms with E-state index >= 15 is 0 Å². The van der Waals surface area contributed by atoms with Gasteiger partial charge in [-0.2, -0.15) is 0 Å². The molecule has 0 bridgehead atoms. The van der Waals surface area contributed by atoms with Gasteiger partial charge in [-0.05, 0) is 43.9 Å². The lowest BCUT2D eigenvalue weighted by Crippen LogP contribution is -2.74. The number of esters is 3. The first-order chi connectivity index (χ1) is 18.4. The van der Waals surface area contributed by atoms with Crippen LogP contribution in [0.25, 0.3) is 0 Å². The molecule has 3 heterocycles. The smallest absolute Gasteiger partial charge is 0.309 e. The molecule has 10 heteroatoms. The standard InChI is InChI=1S/C29H44O10/c1-7-15(2)25(33)39-24-20(32)12-21-27(6,22-11-19-8-9-34-26(19)38-22)16(3)10-23(37-18(5)31)28(21,13-35-17(4)30)29(24)14-36-29/h15-16,19-24,26,32H,7-14H2,1-6H3/t15-,16-,19-,20+,21-,22+,23+,24+,26+,27+,28+,29-/m1/s1. The summed E-state index contributed by atoms with van der Waals surface area (Å²) in [5, 5.41) is 11.6. The van der Waals surface area contributed by atoms with Crippen molar-refractivity contribution < 1.29 is 47.9 Å². The third-order valence-electron chi connectivity index (χ3n) is 10.9. The van der Waals surface area contributed by atoms with Crippen molar-refractivity contribution in [3.8, 4) is 0 Å². The molecule has 10 nitrogen and oxygen atoms in total. The summed E-state index contributed by atoms with van der Waals surface area (Å²) >= 11 is 0. The van der Waals surface area contributed by atoms with Gasteiger partial charge < -0.3 is 33.5 Å². The molecule has 3 aliphatic heterocycles. The minimum absolute atomic E-state index is 0.0309. The van der Waals surface area contributed by atoms with Crippen LogP contribution in [0.5, 0.6) is 0 Å². The molecule has 1 N–H and O–H groups in total. The molecule has 0 unspecified atom stereocenters. The Labute approximate surface area is 230 Å². The zero-order chi connectivity index (χ0) is 28.3. The van der Waals surface area contributed by atoms with E-state index in [0.29, 0.717) is 25.4 Å². The zero-order valence-electron chi connectivity index (χ0n) is 24.0. The van der Waals surface area contributed by atoms with E-state index < -0.39 is 52.7 Å². The Morgan fingerprint density at radius 1 is 1.10 bits per heavy atom. The van der Waals surface area contributed by atoms with Crippen molar-refractivity contribution in [1.82, 2.24) is 0 Å². The minimum Gasteiger partial charge on any atom is -0.465 e. The second-order valence-corrected chi connectivity index (χ2v) is 12.8. The maximum absolute atomic E-state index is 13.0. The molecule has 0 aromatic heterocycles. The Balaban J connectivity index is 1.62. The van der Waals surface area contributed by atoms with E-state index in [1.807, 2.05) is 6.92 Å². The van der Waals surface area contributed by atoms with Gasteiger partial charge in [0.25, 0.3) is 0 Å². The van der Waals surface area contributed by atoms with Gasteiger partial charge in [-0.15, -0.1) is 0 Å². The lowest BCUT2D eigenvalue weighted by Gasteiger charge is -2.65. The second-order valence-electron chi connectivity index (χ2n) is 12.8. The predicted molar refractivity (Wildman–Crippen MR) is 136 cm³/mol. The first kappa shape index (κ1) is 28.8. The molecule has 220 valence electrons. The number of hydrogen-bond donors (Lipinski definition) is 1. The molecule has 3 saturated heterocycles. The summed E-state index contributed by atoms with van der Waals surface area (Å²) < 4.78 is 36.4. The highest BCUT2D eigenvalue weighted by Gasteiger charge is 2.81. The molecule has 2 aliphatic carbocycles. The summed E-state index contributed by atoms with van der Waals surface area (Å²) in [6.45, 7) is 11.5. The highest BCUT2D eigenvalue weighted by Crippen LogP contribution is 2.70. The van der Waals surface area contributed by atoms with Crippen molar-refractivity contribution in [3.05, 3.63) is 0 Å². The average molecular weight is 553 g/mol. The van der Waals surface area contributed by atoms with Crippen LogP contribution in [-0.2, 0) is 42.8 Å². The Morgan fingerprint density at radius 3 is 2.41 bits per heavy atom. The normalized spacial score (nSPS) is 47.2.